The van der Waals surface area contributed by atoms with Gasteiger partial charge in [0.1, 0.15) is 0 Å². The van der Waals surface area contributed by atoms with Gasteiger partial charge in [0, 0.05) is 66.7 Å². The predicted octanol–water partition coefficient (Wildman–Crippen LogP) is 4.57. The highest BCUT2D eigenvalue weighted by Crippen LogP contribution is 2.37. The Hall–Kier alpha value is -3.69. The summed E-state index contributed by atoms with van der Waals surface area (Å²) >= 11 is 0. The molecule has 2 saturated heterocycles. The normalized spacial score (nSPS) is 28.0. The zero-order valence-electron chi connectivity index (χ0n) is 26.2. The second-order valence-electron chi connectivity index (χ2n) is 12.5. The Morgan fingerprint density at radius 3 is 2.16 bits per heavy atom. The van der Waals surface area contributed by atoms with Gasteiger partial charge in [-0.05, 0) is 73.3 Å². The number of hydrogen-bond acceptors (Lipinski definition) is 5. The Kier molecular flexibility index (Phi) is 9.97. The molecule has 234 valence electrons. The topological polar surface area (TPSA) is 161 Å². The average Bonchev–Trinajstić information content (AvgIpc) is 3.59. The van der Waals surface area contributed by atoms with Crippen molar-refractivity contribution in [2.24, 2.45) is 28.7 Å². The summed E-state index contributed by atoms with van der Waals surface area (Å²) in [5.74, 6) is -1.38. The minimum atomic E-state index is -0.894. The van der Waals surface area contributed by atoms with Crippen molar-refractivity contribution in [1.29, 1.82) is 0 Å². The van der Waals surface area contributed by atoms with Crippen molar-refractivity contribution in [3.63, 3.8) is 0 Å². The smallest absolute Gasteiger partial charge is 0.303 e. The van der Waals surface area contributed by atoms with Crippen molar-refractivity contribution < 1.29 is 29.4 Å². The molecular weight excluding hydrogens is 548 g/mol. The predicted molar refractivity (Wildman–Crippen MR) is 165 cm³/mol. The van der Waals surface area contributed by atoms with Crippen LogP contribution in [0, 0.1) is 30.6 Å². The van der Waals surface area contributed by atoms with Crippen molar-refractivity contribution in [2.75, 3.05) is 0 Å². The third-order valence-electron chi connectivity index (χ3n) is 10.0. The zero-order valence-corrected chi connectivity index (χ0v) is 26.2. The van der Waals surface area contributed by atoms with E-state index in [2.05, 4.69) is 29.5 Å². The van der Waals surface area contributed by atoms with Crippen LogP contribution in [0.25, 0.3) is 6.08 Å². The summed E-state index contributed by atoms with van der Waals surface area (Å²) in [5.41, 5.74) is 6.85. The largest absolute Gasteiger partial charge is 0.481 e. The quantitative estimate of drug-likeness (QED) is 0.225. The molecule has 10 heteroatoms. The minimum Gasteiger partial charge on any atom is -0.481 e. The van der Waals surface area contributed by atoms with Crippen LogP contribution in [-0.2, 0) is 32.0 Å². The molecule has 0 bridgehead atoms. The van der Waals surface area contributed by atoms with Gasteiger partial charge in [-0.3, -0.25) is 24.2 Å². The number of aromatic amines is 1. The summed E-state index contributed by atoms with van der Waals surface area (Å²) in [4.78, 5) is 56.5. The fraction of sp³-hybridized carbons (Fsp3) is 0.606. The van der Waals surface area contributed by atoms with Gasteiger partial charge in [-0.1, -0.05) is 34.1 Å². The van der Waals surface area contributed by atoms with E-state index in [-0.39, 0.29) is 60.4 Å². The molecule has 5 N–H and O–H groups in total. The Bertz CT molecular complexity index is 1390. The van der Waals surface area contributed by atoms with E-state index in [1.54, 1.807) is 0 Å². The first-order valence-corrected chi connectivity index (χ1v) is 15.6. The molecular formula is C33H46N4O6. The molecule has 0 radical (unpaired) electrons. The summed E-state index contributed by atoms with van der Waals surface area (Å²) < 4.78 is 0. The molecule has 0 unspecified atom stereocenters. The molecule has 10 nitrogen and oxygen atoms in total. The number of carbonyl (C=O) groups excluding carboxylic acids is 2. The molecule has 3 aliphatic rings. The second-order valence-corrected chi connectivity index (χ2v) is 12.5. The van der Waals surface area contributed by atoms with Gasteiger partial charge in [0.2, 0.25) is 11.8 Å². The number of carboxylic acid groups (broad SMARTS) is 2. The third-order valence-corrected chi connectivity index (χ3v) is 10.0. The Morgan fingerprint density at radius 2 is 1.56 bits per heavy atom. The molecule has 1 aromatic heterocycles. The third kappa shape index (κ3) is 6.78. The van der Waals surface area contributed by atoms with Crippen molar-refractivity contribution >= 4 is 35.5 Å². The number of aliphatic carboxylic acids is 2. The van der Waals surface area contributed by atoms with Gasteiger partial charge in [0.15, 0.2) is 0 Å². The van der Waals surface area contributed by atoms with Gasteiger partial charge in [0.05, 0.1) is 5.70 Å². The number of amides is 2. The highest BCUT2D eigenvalue weighted by molar-refractivity contribution is 6.06. The van der Waals surface area contributed by atoms with Gasteiger partial charge in [0.25, 0.3) is 0 Å². The number of rotatable bonds is 13. The van der Waals surface area contributed by atoms with Crippen molar-refractivity contribution in [2.45, 2.75) is 105 Å². The lowest BCUT2D eigenvalue weighted by Crippen LogP contribution is -2.31. The number of nitrogens with zero attached hydrogens (tertiary/aromatic N) is 1. The van der Waals surface area contributed by atoms with Crippen LogP contribution in [0.1, 0.15) is 95.7 Å². The first kappa shape index (κ1) is 32.2. The van der Waals surface area contributed by atoms with Gasteiger partial charge < -0.3 is 25.8 Å². The minimum absolute atomic E-state index is 0.0237. The molecule has 6 atom stereocenters. The van der Waals surface area contributed by atoms with E-state index in [4.69, 9.17) is 4.99 Å². The average molecular weight is 595 g/mol. The number of aliphatic imine (C=N–C) groups is 1. The number of carboxylic acids is 2. The van der Waals surface area contributed by atoms with E-state index >= 15 is 0 Å². The molecule has 3 aliphatic heterocycles. The number of aromatic nitrogens is 1. The second kappa shape index (κ2) is 13.3. The Morgan fingerprint density at radius 1 is 0.907 bits per heavy atom. The van der Waals surface area contributed by atoms with E-state index in [9.17, 15) is 29.4 Å². The van der Waals surface area contributed by atoms with Crippen LogP contribution < -0.4 is 10.6 Å². The first-order chi connectivity index (χ1) is 20.4. The Balaban J connectivity index is 1.71. The van der Waals surface area contributed by atoms with Gasteiger partial charge in [-0.25, -0.2) is 0 Å². The maximum Gasteiger partial charge on any atom is 0.303 e. The molecule has 4 heterocycles. The van der Waals surface area contributed by atoms with E-state index in [1.807, 2.05) is 33.8 Å². The van der Waals surface area contributed by atoms with Crippen LogP contribution in [0.4, 0.5) is 0 Å². The molecule has 0 aromatic carbocycles. The fourth-order valence-electron chi connectivity index (χ4n) is 7.23. The summed E-state index contributed by atoms with van der Waals surface area (Å²) in [6.45, 7) is 12.1. The number of carbonyl (C=O) groups is 4. The van der Waals surface area contributed by atoms with Crippen molar-refractivity contribution in [1.82, 2.24) is 15.6 Å². The molecule has 0 spiro atoms. The SMILES string of the molecule is CC[C@H]1[C@H](CC2=N/C(=C/c3[nH]c(C[C@@H]4NC(=O)[C@H](CC)[C@H]4C)c(C)c3CCC(=O)O)C(CCC(=O)O)=C2C)NC(=O)[C@@H]1C. The van der Waals surface area contributed by atoms with Crippen LogP contribution in [-0.4, -0.2) is 56.7 Å². The van der Waals surface area contributed by atoms with Crippen LogP contribution in [0.5, 0.6) is 0 Å². The lowest BCUT2D eigenvalue weighted by atomic mass is 9.86. The van der Waals surface area contributed by atoms with Crippen molar-refractivity contribution in [3.8, 4) is 0 Å². The molecule has 2 amide bonds. The highest BCUT2D eigenvalue weighted by atomic mass is 16.4. The summed E-state index contributed by atoms with van der Waals surface area (Å²) in [6.07, 6.45) is 5.30. The highest BCUT2D eigenvalue weighted by Gasteiger charge is 2.40. The van der Waals surface area contributed by atoms with E-state index in [1.165, 1.54) is 0 Å². The zero-order chi connectivity index (χ0) is 31.6. The molecule has 0 aliphatic carbocycles. The number of hydrogen-bond donors (Lipinski definition) is 5. The van der Waals surface area contributed by atoms with Crippen LogP contribution in [0.15, 0.2) is 21.8 Å². The number of allylic oxidation sites excluding steroid dienone is 2. The van der Waals surface area contributed by atoms with E-state index in [0.717, 1.165) is 52.2 Å². The Labute approximate surface area is 253 Å². The summed E-state index contributed by atoms with van der Waals surface area (Å²) in [7, 11) is 0. The van der Waals surface area contributed by atoms with Gasteiger partial charge >= 0.3 is 11.9 Å². The van der Waals surface area contributed by atoms with Crippen LogP contribution >= 0.6 is 0 Å². The maximum atomic E-state index is 12.5. The number of H-pyrrole nitrogens is 1. The maximum absolute atomic E-state index is 12.5. The standard InChI is InChI=1S/C33H46N4O6/c1-7-20-19(6)32(42)37-27(20)14-25-18(5)23(10-12-31(40)41)29(35-25)15-28-22(9-11-30(38)39)17(4)24(34-28)13-26-16(3)21(8-2)33(43)36-26/h15-16,19-21,26-27,34H,7-14H2,1-6H3,(H,36,43)(H,37,42)(H,38,39)(H,40,41)/b29-15+/t16-,19-,20-,21-,26+,27+/m1/s1. The molecule has 2 fully saturated rings. The summed E-state index contributed by atoms with van der Waals surface area (Å²) in [5, 5.41) is 25.2. The van der Waals surface area contributed by atoms with Crippen LogP contribution in [0.3, 0.4) is 0 Å². The van der Waals surface area contributed by atoms with Gasteiger partial charge in [-0.2, -0.15) is 0 Å². The molecule has 4 rings (SSSR count). The number of nitrogens with one attached hydrogen (secondary N) is 3. The molecule has 43 heavy (non-hydrogen) atoms. The lowest BCUT2D eigenvalue weighted by molar-refractivity contribution is -0.138. The fourth-order valence-corrected chi connectivity index (χ4v) is 7.23. The molecule has 1 aromatic rings. The molecule has 0 saturated carbocycles. The van der Waals surface area contributed by atoms with Crippen LogP contribution in [0.2, 0.25) is 0 Å². The van der Waals surface area contributed by atoms with E-state index < -0.39 is 11.9 Å². The lowest BCUT2D eigenvalue weighted by Gasteiger charge is -2.19. The first-order valence-electron chi connectivity index (χ1n) is 15.6. The van der Waals surface area contributed by atoms with E-state index in [0.29, 0.717) is 31.4 Å². The van der Waals surface area contributed by atoms with Crippen molar-refractivity contribution in [3.05, 3.63) is 39.4 Å². The summed E-state index contributed by atoms with van der Waals surface area (Å²) in [6, 6.07) is -0.0650. The van der Waals surface area contributed by atoms with Gasteiger partial charge in [-0.15, -0.1) is 0 Å². The monoisotopic (exact) mass is 594 g/mol.